The second kappa shape index (κ2) is 5.23. The van der Waals surface area contributed by atoms with Crippen LogP contribution >= 0.6 is 27.5 Å². The van der Waals surface area contributed by atoms with Crippen molar-refractivity contribution >= 4 is 39.1 Å². The predicted octanol–water partition coefficient (Wildman–Crippen LogP) is 4.69. The average Bonchev–Trinajstić information content (AvgIpc) is 2.77. The summed E-state index contributed by atoms with van der Waals surface area (Å²) in [7, 11) is 0. The second-order valence-electron chi connectivity index (χ2n) is 4.99. The number of amides is 1. The van der Waals surface area contributed by atoms with Crippen LogP contribution in [0.25, 0.3) is 0 Å². The molecule has 1 amide bonds. The zero-order valence-corrected chi connectivity index (χ0v) is 13.3. The van der Waals surface area contributed by atoms with Gasteiger partial charge in [-0.2, -0.15) is 0 Å². The average molecular weight is 351 g/mol. The minimum Gasteiger partial charge on any atom is -0.305 e. The summed E-state index contributed by atoms with van der Waals surface area (Å²) >= 11 is 9.35. The highest BCUT2D eigenvalue weighted by Crippen LogP contribution is 2.33. The molecule has 1 unspecified atom stereocenters. The van der Waals surface area contributed by atoms with Crippen LogP contribution in [0.5, 0.6) is 0 Å². The van der Waals surface area contributed by atoms with Gasteiger partial charge in [-0.3, -0.25) is 4.79 Å². The van der Waals surface area contributed by atoms with Gasteiger partial charge in [-0.15, -0.1) is 0 Å². The molecule has 0 spiro atoms. The summed E-state index contributed by atoms with van der Waals surface area (Å²) < 4.78 is 0.741. The smallest absolute Gasteiger partial charge is 0.258 e. The van der Waals surface area contributed by atoms with Crippen LogP contribution < -0.4 is 4.90 Å². The molecule has 102 valence electrons. The highest BCUT2D eigenvalue weighted by atomic mass is 79.9. The van der Waals surface area contributed by atoms with E-state index in [-0.39, 0.29) is 11.9 Å². The van der Waals surface area contributed by atoms with Gasteiger partial charge in [0, 0.05) is 21.8 Å². The lowest BCUT2D eigenvalue weighted by Gasteiger charge is -2.23. The summed E-state index contributed by atoms with van der Waals surface area (Å²) in [6.07, 6.45) is 0.899. The van der Waals surface area contributed by atoms with Gasteiger partial charge in [-0.1, -0.05) is 29.8 Å². The molecule has 2 nitrogen and oxygen atoms in total. The van der Waals surface area contributed by atoms with Crippen LogP contribution in [0.3, 0.4) is 0 Å². The van der Waals surface area contributed by atoms with Gasteiger partial charge in [0.2, 0.25) is 0 Å². The third-order valence-electron chi connectivity index (χ3n) is 3.59. The van der Waals surface area contributed by atoms with Crippen molar-refractivity contribution in [1.82, 2.24) is 0 Å². The molecule has 3 rings (SSSR count). The number of benzene rings is 2. The van der Waals surface area contributed by atoms with Gasteiger partial charge in [-0.05, 0) is 59.1 Å². The molecule has 0 aromatic heterocycles. The number of anilines is 1. The summed E-state index contributed by atoms with van der Waals surface area (Å²) in [5.41, 5.74) is 2.88. The Hall–Kier alpha value is -1.32. The van der Waals surface area contributed by atoms with Gasteiger partial charge in [0.25, 0.3) is 5.91 Å². The lowest BCUT2D eigenvalue weighted by Crippen LogP contribution is -2.35. The van der Waals surface area contributed by atoms with E-state index in [2.05, 4.69) is 28.9 Å². The van der Waals surface area contributed by atoms with Crippen molar-refractivity contribution in [3.63, 3.8) is 0 Å². The number of fused-ring (bicyclic) bond motifs is 1. The molecule has 2 aromatic carbocycles. The van der Waals surface area contributed by atoms with Crippen molar-refractivity contribution < 1.29 is 4.79 Å². The van der Waals surface area contributed by atoms with Gasteiger partial charge < -0.3 is 4.90 Å². The summed E-state index contributed by atoms with van der Waals surface area (Å²) in [5, 5.41) is 0.608. The molecule has 0 N–H and O–H groups in total. The molecule has 1 aliphatic rings. The molecule has 1 heterocycles. The number of hydrogen-bond donors (Lipinski definition) is 0. The monoisotopic (exact) mass is 349 g/mol. The number of carbonyl (C=O) groups is 1. The molecule has 1 atom stereocenters. The zero-order valence-electron chi connectivity index (χ0n) is 10.9. The first-order valence-corrected chi connectivity index (χ1v) is 7.61. The first kappa shape index (κ1) is 13.7. The summed E-state index contributed by atoms with van der Waals surface area (Å²) in [6, 6.07) is 13.5. The van der Waals surface area contributed by atoms with Crippen molar-refractivity contribution in [2.24, 2.45) is 0 Å². The van der Waals surface area contributed by atoms with Crippen molar-refractivity contribution in [2.75, 3.05) is 4.90 Å². The summed E-state index contributed by atoms with van der Waals surface area (Å²) in [4.78, 5) is 14.6. The van der Waals surface area contributed by atoms with Crippen LogP contribution in [0, 0.1) is 0 Å². The molecule has 0 saturated heterocycles. The van der Waals surface area contributed by atoms with Crippen molar-refractivity contribution in [1.29, 1.82) is 0 Å². The Morgan fingerprint density at radius 3 is 2.80 bits per heavy atom. The minimum absolute atomic E-state index is 0.0137. The fourth-order valence-electron chi connectivity index (χ4n) is 2.64. The molecule has 0 fully saturated rings. The number of para-hydroxylation sites is 1. The van der Waals surface area contributed by atoms with Gasteiger partial charge in [0.1, 0.15) is 0 Å². The van der Waals surface area contributed by atoms with E-state index in [0.29, 0.717) is 10.6 Å². The lowest BCUT2D eigenvalue weighted by molar-refractivity contribution is 0.0981. The molecule has 20 heavy (non-hydrogen) atoms. The van der Waals surface area contributed by atoms with Crippen LogP contribution in [-0.4, -0.2) is 11.9 Å². The summed E-state index contributed by atoms with van der Waals surface area (Å²) in [5.74, 6) is 0.0137. The van der Waals surface area contributed by atoms with Crippen LogP contribution in [0.15, 0.2) is 46.9 Å². The maximum Gasteiger partial charge on any atom is 0.258 e. The number of carbonyl (C=O) groups excluding carboxylic acids is 1. The largest absolute Gasteiger partial charge is 0.305 e. The van der Waals surface area contributed by atoms with E-state index in [0.717, 1.165) is 16.6 Å². The first-order valence-electron chi connectivity index (χ1n) is 6.44. The molecular weight excluding hydrogens is 338 g/mol. The molecule has 2 aromatic rings. The molecular formula is C16H13BrClNO. The minimum atomic E-state index is 0.0137. The number of rotatable bonds is 1. The van der Waals surface area contributed by atoms with Gasteiger partial charge in [-0.25, -0.2) is 0 Å². The second-order valence-corrected chi connectivity index (χ2v) is 6.25. The Bertz CT molecular complexity index is 686. The van der Waals surface area contributed by atoms with Crippen molar-refractivity contribution in [3.05, 3.63) is 63.1 Å². The number of hydrogen-bond acceptors (Lipinski definition) is 1. The first-order chi connectivity index (χ1) is 9.58. The molecule has 1 aliphatic heterocycles. The molecule has 0 aliphatic carbocycles. The SMILES string of the molecule is CC1Cc2ccccc2N1C(=O)c1ccc(Cl)c(Br)c1. The Morgan fingerprint density at radius 1 is 1.30 bits per heavy atom. The topological polar surface area (TPSA) is 20.3 Å². The highest BCUT2D eigenvalue weighted by Gasteiger charge is 2.31. The van der Waals surface area contributed by atoms with Crippen molar-refractivity contribution in [3.8, 4) is 0 Å². The normalized spacial score (nSPS) is 17.1. The molecule has 4 heteroatoms. The van der Waals surface area contributed by atoms with E-state index < -0.39 is 0 Å². The Morgan fingerprint density at radius 2 is 2.05 bits per heavy atom. The van der Waals surface area contributed by atoms with E-state index in [1.807, 2.05) is 23.1 Å². The van der Waals surface area contributed by atoms with Gasteiger partial charge >= 0.3 is 0 Å². The number of halogens is 2. The highest BCUT2D eigenvalue weighted by molar-refractivity contribution is 9.10. The van der Waals surface area contributed by atoms with E-state index in [1.165, 1.54) is 5.56 Å². The van der Waals surface area contributed by atoms with Crippen molar-refractivity contribution in [2.45, 2.75) is 19.4 Å². The van der Waals surface area contributed by atoms with Gasteiger partial charge in [0.15, 0.2) is 0 Å². The maximum atomic E-state index is 12.7. The Balaban J connectivity index is 2.00. The van der Waals surface area contributed by atoms with E-state index in [1.54, 1.807) is 18.2 Å². The summed E-state index contributed by atoms with van der Waals surface area (Å²) in [6.45, 7) is 2.07. The van der Waals surface area contributed by atoms with Crippen LogP contribution in [-0.2, 0) is 6.42 Å². The third kappa shape index (κ3) is 2.25. The van der Waals surface area contributed by atoms with E-state index in [4.69, 9.17) is 11.6 Å². The number of nitrogens with zero attached hydrogens (tertiary/aromatic N) is 1. The fraction of sp³-hybridized carbons (Fsp3) is 0.188. The van der Waals surface area contributed by atoms with Crippen LogP contribution in [0.4, 0.5) is 5.69 Å². The maximum absolute atomic E-state index is 12.7. The third-order valence-corrected chi connectivity index (χ3v) is 4.81. The quantitative estimate of drug-likeness (QED) is 0.730. The molecule has 0 saturated carbocycles. The zero-order chi connectivity index (χ0) is 14.3. The lowest BCUT2D eigenvalue weighted by atomic mass is 10.1. The fourth-order valence-corrected chi connectivity index (χ4v) is 3.14. The van der Waals surface area contributed by atoms with Crippen LogP contribution in [0.2, 0.25) is 5.02 Å². The molecule has 0 radical (unpaired) electrons. The molecule has 0 bridgehead atoms. The Labute approximate surface area is 131 Å². The van der Waals surface area contributed by atoms with Gasteiger partial charge in [0.05, 0.1) is 5.02 Å². The van der Waals surface area contributed by atoms with E-state index >= 15 is 0 Å². The Kier molecular flexibility index (Phi) is 3.57. The van der Waals surface area contributed by atoms with E-state index in [9.17, 15) is 4.79 Å². The standard InChI is InChI=1S/C16H13BrClNO/c1-10-8-11-4-2-3-5-15(11)19(10)16(20)12-6-7-14(18)13(17)9-12/h2-7,9-10H,8H2,1H3. The predicted molar refractivity (Wildman–Crippen MR) is 85.6 cm³/mol. The van der Waals surface area contributed by atoms with Crippen LogP contribution in [0.1, 0.15) is 22.8 Å².